The summed E-state index contributed by atoms with van der Waals surface area (Å²) in [7, 11) is -1.05. The number of allylic oxidation sites excluding steroid dienone is 3. The Labute approximate surface area is 75.8 Å². The van der Waals surface area contributed by atoms with Crippen LogP contribution >= 0.6 is 0 Å². The molecular formula is C10H18OSi. The van der Waals surface area contributed by atoms with Gasteiger partial charge in [0.2, 0.25) is 0 Å². The van der Waals surface area contributed by atoms with Crippen LogP contribution in [0.25, 0.3) is 0 Å². The Balaban J connectivity index is 2.56. The third-order valence-electron chi connectivity index (χ3n) is 2.36. The molecule has 1 aliphatic rings. The molecule has 0 saturated heterocycles. The first-order chi connectivity index (χ1) is 5.48. The fourth-order valence-corrected chi connectivity index (χ4v) is 4.36. The van der Waals surface area contributed by atoms with Crippen LogP contribution in [0.4, 0.5) is 0 Å². The lowest BCUT2D eigenvalue weighted by atomic mass is 10.3. The number of hydrogen-bond acceptors (Lipinski definition) is 1. The van der Waals surface area contributed by atoms with Crippen LogP contribution in [0.3, 0.4) is 0 Å². The Morgan fingerprint density at radius 2 is 2.00 bits per heavy atom. The first-order valence-electron chi connectivity index (χ1n) is 4.47. The van der Waals surface area contributed by atoms with E-state index < -0.39 is 8.07 Å². The number of hydrogen-bond donors (Lipinski definition) is 1. The Morgan fingerprint density at radius 3 is 2.33 bits per heavy atom. The van der Waals surface area contributed by atoms with Crippen LogP contribution in [0, 0.1) is 5.92 Å². The Hall–Kier alpha value is -0.343. The molecule has 0 aliphatic heterocycles. The van der Waals surface area contributed by atoms with Crippen LogP contribution in [0.15, 0.2) is 22.9 Å². The van der Waals surface area contributed by atoms with Crippen molar-refractivity contribution in [2.75, 3.05) is 6.61 Å². The molecule has 1 nitrogen and oxygen atoms in total. The Morgan fingerprint density at radius 1 is 1.42 bits per heavy atom. The van der Waals surface area contributed by atoms with Crippen molar-refractivity contribution >= 4 is 8.07 Å². The second-order valence-corrected chi connectivity index (χ2v) is 9.47. The molecule has 0 fully saturated rings. The smallest absolute Gasteiger partial charge is 0.0736 e. The lowest BCUT2D eigenvalue weighted by Gasteiger charge is -2.11. The summed E-state index contributed by atoms with van der Waals surface area (Å²) in [5, 5.41) is 10.3. The zero-order valence-corrected chi connectivity index (χ0v) is 9.39. The minimum absolute atomic E-state index is 0.169. The van der Waals surface area contributed by atoms with E-state index in [1.165, 1.54) is 0 Å². The molecule has 0 heterocycles. The summed E-state index contributed by atoms with van der Waals surface area (Å²) < 4.78 is 0. The number of aliphatic hydroxyl groups excluding tert-OH is 1. The van der Waals surface area contributed by atoms with Crippen molar-refractivity contribution < 1.29 is 5.11 Å². The van der Waals surface area contributed by atoms with Gasteiger partial charge in [-0.3, -0.25) is 0 Å². The van der Waals surface area contributed by atoms with Crippen LogP contribution in [0.1, 0.15) is 6.92 Å². The van der Waals surface area contributed by atoms with Gasteiger partial charge in [0.1, 0.15) is 0 Å². The highest BCUT2D eigenvalue weighted by molar-refractivity contribution is 6.84. The zero-order chi connectivity index (χ0) is 9.35. The van der Waals surface area contributed by atoms with Crippen molar-refractivity contribution in [2.24, 2.45) is 5.92 Å². The molecule has 1 aliphatic carbocycles. The van der Waals surface area contributed by atoms with E-state index in [0.29, 0.717) is 5.92 Å². The van der Waals surface area contributed by atoms with Crippen LogP contribution in [-0.2, 0) is 0 Å². The molecule has 1 N–H and O–H groups in total. The van der Waals surface area contributed by atoms with Crippen molar-refractivity contribution in [3.8, 4) is 0 Å². The van der Waals surface area contributed by atoms with Crippen LogP contribution in [-0.4, -0.2) is 19.8 Å². The SMILES string of the molecule is CC1=C([Si](C)(C)C)C1C=CCO. The van der Waals surface area contributed by atoms with E-state index in [4.69, 9.17) is 5.11 Å². The van der Waals surface area contributed by atoms with Gasteiger partial charge in [-0.05, 0) is 6.92 Å². The fourth-order valence-electron chi connectivity index (χ4n) is 1.85. The van der Waals surface area contributed by atoms with Crippen molar-refractivity contribution in [1.29, 1.82) is 0 Å². The highest BCUT2D eigenvalue weighted by Crippen LogP contribution is 2.45. The average molecular weight is 182 g/mol. The highest BCUT2D eigenvalue weighted by atomic mass is 28.3. The van der Waals surface area contributed by atoms with E-state index in [2.05, 4.69) is 32.6 Å². The van der Waals surface area contributed by atoms with Gasteiger partial charge in [0.05, 0.1) is 14.7 Å². The van der Waals surface area contributed by atoms with E-state index >= 15 is 0 Å². The third kappa shape index (κ3) is 1.87. The molecule has 0 aromatic heterocycles. The summed E-state index contributed by atoms with van der Waals surface area (Å²) in [6, 6.07) is 0. The molecule has 0 spiro atoms. The molecule has 1 rings (SSSR count). The summed E-state index contributed by atoms with van der Waals surface area (Å²) in [4.78, 5) is 0. The van der Waals surface area contributed by atoms with Crippen molar-refractivity contribution in [1.82, 2.24) is 0 Å². The van der Waals surface area contributed by atoms with Gasteiger partial charge in [-0.2, -0.15) is 0 Å². The van der Waals surface area contributed by atoms with Gasteiger partial charge in [0.25, 0.3) is 0 Å². The van der Waals surface area contributed by atoms with Crippen LogP contribution < -0.4 is 0 Å². The standard InChI is InChI=1S/C10H18OSi/c1-8-9(6-5-7-11)10(8)12(2,3)4/h5-6,9,11H,7H2,1-4H3. The maximum atomic E-state index is 8.62. The van der Waals surface area contributed by atoms with Gasteiger partial charge in [-0.1, -0.05) is 42.6 Å². The second-order valence-electron chi connectivity index (χ2n) is 4.44. The molecule has 0 aromatic rings. The molecular weight excluding hydrogens is 164 g/mol. The van der Waals surface area contributed by atoms with Crippen molar-refractivity contribution in [3.05, 3.63) is 22.9 Å². The molecule has 0 saturated carbocycles. The van der Waals surface area contributed by atoms with Gasteiger partial charge in [-0.25, -0.2) is 0 Å². The van der Waals surface area contributed by atoms with E-state index in [0.717, 1.165) is 0 Å². The summed E-state index contributed by atoms with van der Waals surface area (Å²) >= 11 is 0. The van der Waals surface area contributed by atoms with Gasteiger partial charge < -0.3 is 5.11 Å². The van der Waals surface area contributed by atoms with Crippen LogP contribution in [0.2, 0.25) is 19.6 Å². The summed E-state index contributed by atoms with van der Waals surface area (Å²) in [6.07, 6.45) is 3.98. The summed E-state index contributed by atoms with van der Waals surface area (Å²) in [5.74, 6) is 0.601. The molecule has 68 valence electrons. The second kappa shape index (κ2) is 3.19. The Bertz CT molecular complexity index is 233. The van der Waals surface area contributed by atoms with Crippen molar-refractivity contribution in [3.63, 3.8) is 0 Å². The van der Waals surface area contributed by atoms with E-state index in [-0.39, 0.29) is 6.61 Å². The van der Waals surface area contributed by atoms with Gasteiger partial charge in [-0.15, -0.1) is 0 Å². The van der Waals surface area contributed by atoms with E-state index in [1.807, 2.05) is 6.08 Å². The predicted molar refractivity (Wildman–Crippen MR) is 55.8 cm³/mol. The molecule has 0 aromatic carbocycles. The van der Waals surface area contributed by atoms with Gasteiger partial charge >= 0.3 is 0 Å². The molecule has 0 amide bonds. The average Bonchev–Trinajstić information content (AvgIpc) is 2.56. The normalized spacial score (nSPS) is 23.9. The maximum Gasteiger partial charge on any atom is 0.0736 e. The minimum atomic E-state index is -1.05. The summed E-state index contributed by atoms with van der Waals surface area (Å²) in [5.41, 5.74) is 1.54. The molecule has 12 heavy (non-hydrogen) atoms. The fraction of sp³-hybridized carbons (Fsp3) is 0.600. The maximum absolute atomic E-state index is 8.62. The monoisotopic (exact) mass is 182 g/mol. The molecule has 1 unspecified atom stereocenters. The molecule has 0 radical (unpaired) electrons. The first-order valence-corrected chi connectivity index (χ1v) is 7.97. The Kier molecular flexibility index (Phi) is 2.59. The minimum Gasteiger partial charge on any atom is -0.392 e. The number of aliphatic hydroxyl groups is 1. The lowest BCUT2D eigenvalue weighted by molar-refractivity contribution is 0.342. The lowest BCUT2D eigenvalue weighted by Crippen LogP contribution is -2.19. The van der Waals surface area contributed by atoms with Crippen LogP contribution in [0.5, 0.6) is 0 Å². The van der Waals surface area contributed by atoms with Gasteiger partial charge in [0, 0.05) is 5.92 Å². The van der Waals surface area contributed by atoms with Gasteiger partial charge in [0.15, 0.2) is 0 Å². The predicted octanol–water partition coefficient (Wildman–Crippen LogP) is 2.36. The summed E-state index contributed by atoms with van der Waals surface area (Å²) in [6.45, 7) is 9.50. The molecule has 2 heteroatoms. The highest BCUT2D eigenvalue weighted by Gasteiger charge is 2.39. The van der Waals surface area contributed by atoms with E-state index in [9.17, 15) is 0 Å². The first kappa shape index (κ1) is 9.74. The van der Waals surface area contributed by atoms with Crippen molar-refractivity contribution in [2.45, 2.75) is 26.6 Å². The largest absolute Gasteiger partial charge is 0.392 e. The molecule has 1 atom stereocenters. The third-order valence-corrected chi connectivity index (χ3v) is 4.68. The topological polar surface area (TPSA) is 20.2 Å². The quantitative estimate of drug-likeness (QED) is 0.525. The number of rotatable bonds is 3. The molecule has 0 bridgehead atoms. The van der Waals surface area contributed by atoms with E-state index in [1.54, 1.807) is 10.8 Å². The zero-order valence-electron chi connectivity index (χ0n) is 8.39.